The Hall–Kier alpha value is -0.770. The number of likely N-dealkylation sites (tertiary alicyclic amines) is 1. The molecule has 122 valence electrons. The molecule has 0 spiro atoms. The second kappa shape index (κ2) is 6.99. The van der Waals surface area contributed by atoms with Crippen molar-refractivity contribution in [3.05, 3.63) is 0 Å². The zero-order valence-electron chi connectivity index (χ0n) is 13.8. The Labute approximate surface area is 128 Å². The number of hydrogen-bond donors (Lipinski definition) is 1. The zero-order valence-corrected chi connectivity index (χ0v) is 13.8. The van der Waals surface area contributed by atoms with E-state index in [9.17, 15) is 9.90 Å². The number of rotatable bonds is 2. The highest BCUT2D eigenvalue weighted by atomic mass is 16.6. The van der Waals surface area contributed by atoms with E-state index in [0.717, 1.165) is 18.9 Å². The molecule has 1 aliphatic heterocycles. The minimum absolute atomic E-state index is 0.169. The van der Waals surface area contributed by atoms with Crippen LogP contribution in [0.5, 0.6) is 0 Å². The summed E-state index contributed by atoms with van der Waals surface area (Å²) in [5, 5.41) is 9.56. The van der Waals surface area contributed by atoms with Gasteiger partial charge in [-0.1, -0.05) is 32.1 Å². The molecule has 1 N–H and O–H groups in total. The first-order chi connectivity index (χ1) is 9.89. The molecule has 2 aliphatic rings. The Kier molecular flexibility index (Phi) is 5.53. The molecule has 0 unspecified atom stereocenters. The molecule has 4 heteroatoms. The maximum atomic E-state index is 12.3. The Balaban J connectivity index is 1.99. The van der Waals surface area contributed by atoms with Gasteiger partial charge in [0.25, 0.3) is 0 Å². The molecular formula is C17H31NO3. The van der Waals surface area contributed by atoms with Crippen LogP contribution < -0.4 is 0 Å². The molecule has 1 heterocycles. The van der Waals surface area contributed by atoms with Gasteiger partial charge >= 0.3 is 6.09 Å². The molecule has 2 rings (SSSR count). The van der Waals surface area contributed by atoms with E-state index in [1.807, 2.05) is 25.7 Å². The van der Waals surface area contributed by atoms with Crippen LogP contribution in [0.4, 0.5) is 4.79 Å². The summed E-state index contributed by atoms with van der Waals surface area (Å²) >= 11 is 0. The van der Waals surface area contributed by atoms with Gasteiger partial charge in [-0.25, -0.2) is 4.79 Å². The molecule has 1 aliphatic carbocycles. The second-order valence-corrected chi connectivity index (χ2v) is 7.83. The van der Waals surface area contributed by atoms with Crippen molar-refractivity contribution in [3.63, 3.8) is 0 Å². The molecule has 0 aromatic carbocycles. The third kappa shape index (κ3) is 4.87. The predicted octanol–water partition coefficient (Wildman–Crippen LogP) is 3.43. The summed E-state index contributed by atoms with van der Waals surface area (Å²) < 4.78 is 5.51. The van der Waals surface area contributed by atoms with Gasteiger partial charge in [-0.15, -0.1) is 0 Å². The highest BCUT2D eigenvalue weighted by Crippen LogP contribution is 2.36. The fraction of sp³-hybridized carbons (Fsp3) is 0.941. The molecule has 0 radical (unpaired) electrons. The van der Waals surface area contributed by atoms with Gasteiger partial charge in [0.1, 0.15) is 5.60 Å². The Morgan fingerprint density at radius 3 is 2.38 bits per heavy atom. The van der Waals surface area contributed by atoms with Crippen LogP contribution in [-0.2, 0) is 4.74 Å². The summed E-state index contributed by atoms with van der Waals surface area (Å²) in [5.41, 5.74) is -0.455. The van der Waals surface area contributed by atoms with Crippen LogP contribution in [0.25, 0.3) is 0 Å². The van der Waals surface area contributed by atoms with Gasteiger partial charge in [-0.05, 0) is 39.0 Å². The Morgan fingerprint density at radius 2 is 1.81 bits per heavy atom. The predicted molar refractivity (Wildman–Crippen MR) is 83.1 cm³/mol. The van der Waals surface area contributed by atoms with Gasteiger partial charge in [0.15, 0.2) is 0 Å². The number of ether oxygens (including phenoxy) is 1. The molecule has 4 nitrogen and oxygen atoms in total. The highest BCUT2D eigenvalue weighted by Gasteiger charge is 2.35. The minimum atomic E-state index is -0.455. The number of aliphatic hydroxyl groups excluding tert-OH is 1. The van der Waals surface area contributed by atoms with Crippen molar-refractivity contribution in [2.24, 2.45) is 17.8 Å². The van der Waals surface area contributed by atoms with Gasteiger partial charge < -0.3 is 14.7 Å². The van der Waals surface area contributed by atoms with Gasteiger partial charge in [0, 0.05) is 25.6 Å². The Bertz CT molecular complexity index is 344. The lowest BCUT2D eigenvalue weighted by atomic mass is 9.74. The number of amides is 1. The number of aliphatic hydroxyl groups is 1. The lowest BCUT2D eigenvalue weighted by molar-refractivity contribution is -0.00328. The molecule has 1 saturated carbocycles. The zero-order chi connectivity index (χ0) is 15.5. The fourth-order valence-electron chi connectivity index (χ4n) is 3.80. The monoisotopic (exact) mass is 297 g/mol. The number of nitrogens with zero attached hydrogens (tertiary/aromatic N) is 1. The largest absolute Gasteiger partial charge is 0.444 e. The third-order valence-corrected chi connectivity index (χ3v) is 4.80. The van der Waals surface area contributed by atoms with Crippen molar-refractivity contribution in [1.82, 2.24) is 4.90 Å². The highest BCUT2D eigenvalue weighted by molar-refractivity contribution is 5.68. The molecule has 1 amide bonds. The van der Waals surface area contributed by atoms with Crippen LogP contribution in [0.15, 0.2) is 0 Å². The molecule has 0 aromatic heterocycles. The fourth-order valence-corrected chi connectivity index (χ4v) is 3.80. The van der Waals surface area contributed by atoms with E-state index in [4.69, 9.17) is 4.74 Å². The van der Waals surface area contributed by atoms with E-state index >= 15 is 0 Å². The number of carbonyl (C=O) groups is 1. The number of piperidine rings is 1. The summed E-state index contributed by atoms with van der Waals surface area (Å²) in [5.74, 6) is 1.46. The first-order valence-corrected chi connectivity index (χ1v) is 8.48. The second-order valence-electron chi connectivity index (χ2n) is 7.83. The molecular weight excluding hydrogens is 266 g/mol. The van der Waals surface area contributed by atoms with Crippen LogP contribution >= 0.6 is 0 Å². The lowest BCUT2D eigenvalue weighted by Crippen LogP contribution is -2.48. The van der Waals surface area contributed by atoms with Gasteiger partial charge in [0.2, 0.25) is 0 Å². The van der Waals surface area contributed by atoms with E-state index in [1.165, 1.54) is 32.1 Å². The maximum Gasteiger partial charge on any atom is 0.410 e. The van der Waals surface area contributed by atoms with E-state index in [1.54, 1.807) is 0 Å². The van der Waals surface area contributed by atoms with Crippen molar-refractivity contribution in [2.75, 3.05) is 19.7 Å². The normalized spacial score (nSPS) is 28.5. The topological polar surface area (TPSA) is 49.8 Å². The minimum Gasteiger partial charge on any atom is -0.444 e. The van der Waals surface area contributed by atoms with Gasteiger partial charge in [-0.3, -0.25) is 0 Å². The molecule has 2 atom stereocenters. The summed E-state index contributed by atoms with van der Waals surface area (Å²) in [6.45, 7) is 7.30. The van der Waals surface area contributed by atoms with Crippen molar-refractivity contribution < 1.29 is 14.6 Å². The average molecular weight is 297 g/mol. The summed E-state index contributed by atoms with van der Waals surface area (Å²) in [6, 6.07) is 0. The van der Waals surface area contributed by atoms with Crippen LogP contribution in [-0.4, -0.2) is 41.4 Å². The first kappa shape index (κ1) is 16.6. The molecule has 0 aromatic rings. The first-order valence-electron chi connectivity index (χ1n) is 8.48. The lowest BCUT2D eigenvalue weighted by Gasteiger charge is -2.41. The number of hydrogen-bond acceptors (Lipinski definition) is 3. The van der Waals surface area contributed by atoms with Crippen LogP contribution in [0.2, 0.25) is 0 Å². The SMILES string of the molecule is CC(C)(C)OC(=O)N1C[C@@H](CO)C[C@@H](C2CCCCC2)C1. The number of carbonyl (C=O) groups excluding carboxylic acids is 1. The molecule has 21 heavy (non-hydrogen) atoms. The van der Waals surface area contributed by atoms with Gasteiger partial charge in [-0.2, -0.15) is 0 Å². The van der Waals surface area contributed by atoms with Crippen molar-refractivity contribution >= 4 is 6.09 Å². The van der Waals surface area contributed by atoms with E-state index in [-0.39, 0.29) is 18.6 Å². The summed E-state index contributed by atoms with van der Waals surface area (Å²) in [4.78, 5) is 14.2. The van der Waals surface area contributed by atoms with E-state index in [2.05, 4.69) is 0 Å². The average Bonchev–Trinajstić information content (AvgIpc) is 2.46. The molecule has 2 fully saturated rings. The van der Waals surface area contributed by atoms with Gasteiger partial charge in [0.05, 0.1) is 0 Å². The van der Waals surface area contributed by atoms with E-state index in [0.29, 0.717) is 12.5 Å². The standard InChI is InChI=1S/C17H31NO3/c1-17(2,3)21-16(20)18-10-13(12-19)9-15(11-18)14-7-5-4-6-8-14/h13-15,19H,4-12H2,1-3H3/t13-,15+/m0/s1. The van der Waals surface area contributed by atoms with E-state index < -0.39 is 5.60 Å². The van der Waals surface area contributed by atoms with Crippen LogP contribution in [0, 0.1) is 17.8 Å². The van der Waals surface area contributed by atoms with Crippen molar-refractivity contribution in [1.29, 1.82) is 0 Å². The maximum absolute atomic E-state index is 12.3. The quantitative estimate of drug-likeness (QED) is 0.849. The Morgan fingerprint density at radius 1 is 1.14 bits per heavy atom. The smallest absolute Gasteiger partial charge is 0.410 e. The molecule has 1 saturated heterocycles. The summed E-state index contributed by atoms with van der Waals surface area (Å²) in [6.07, 6.45) is 7.38. The van der Waals surface area contributed by atoms with Crippen LogP contribution in [0.3, 0.4) is 0 Å². The van der Waals surface area contributed by atoms with Crippen LogP contribution in [0.1, 0.15) is 59.3 Å². The van der Waals surface area contributed by atoms with Crippen molar-refractivity contribution in [3.8, 4) is 0 Å². The molecule has 0 bridgehead atoms. The third-order valence-electron chi connectivity index (χ3n) is 4.80. The summed E-state index contributed by atoms with van der Waals surface area (Å²) in [7, 11) is 0. The van der Waals surface area contributed by atoms with Crippen molar-refractivity contribution in [2.45, 2.75) is 64.9 Å².